The van der Waals surface area contributed by atoms with Gasteiger partial charge < -0.3 is 50.5 Å². The van der Waals surface area contributed by atoms with Crippen LogP contribution in [-0.4, -0.2) is 89.3 Å². The number of carbonyl (C=O) groups is 5. The van der Waals surface area contributed by atoms with E-state index in [9.17, 15) is 29.1 Å². The summed E-state index contributed by atoms with van der Waals surface area (Å²) in [5.41, 5.74) is 8.24. The number of rotatable bonds is 19. The number of esters is 1. The fraction of sp³-hybridized carbons (Fsp3) is 0.553. The molecule has 3 amide bonds. The van der Waals surface area contributed by atoms with Crippen LogP contribution in [0.15, 0.2) is 60.7 Å². The van der Waals surface area contributed by atoms with Crippen LogP contribution in [0.25, 0.3) is 0 Å². The number of ether oxygens (including phenoxy) is 5. The number of amides is 3. The topological polar surface area (TPSA) is 214 Å². The first-order valence-corrected chi connectivity index (χ1v) is 17.9. The molecular weight excluding hydrogens is 688 g/mol. The van der Waals surface area contributed by atoms with Crippen LogP contribution in [0.5, 0.6) is 0 Å². The van der Waals surface area contributed by atoms with E-state index < -0.39 is 84.2 Å². The molecule has 2 aromatic rings. The van der Waals surface area contributed by atoms with Crippen molar-refractivity contribution in [3.8, 4) is 0 Å². The van der Waals surface area contributed by atoms with Gasteiger partial charge in [-0.25, -0.2) is 4.79 Å². The molecule has 2 fully saturated rings. The van der Waals surface area contributed by atoms with Gasteiger partial charge in [-0.05, 0) is 50.7 Å². The van der Waals surface area contributed by atoms with Crippen LogP contribution in [0.4, 0.5) is 0 Å². The molecule has 2 aliphatic heterocycles. The molecule has 53 heavy (non-hydrogen) atoms. The second-order valence-electron chi connectivity index (χ2n) is 14.3. The number of carbonyl (C=O) groups excluding carboxylic acids is 4. The molecule has 0 aliphatic carbocycles. The number of aliphatic carboxylic acids is 1. The highest BCUT2D eigenvalue weighted by Gasteiger charge is 2.56. The Kier molecular flexibility index (Phi) is 14.9. The third kappa shape index (κ3) is 12.6. The average Bonchev–Trinajstić information content (AvgIpc) is 3.59. The predicted molar refractivity (Wildman–Crippen MR) is 190 cm³/mol. The van der Waals surface area contributed by atoms with Crippen molar-refractivity contribution >= 4 is 29.7 Å². The second kappa shape index (κ2) is 19.1. The minimum atomic E-state index is -1.28. The van der Waals surface area contributed by atoms with Gasteiger partial charge in [0.15, 0.2) is 12.1 Å². The maximum absolute atomic E-state index is 13.5. The maximum Gasteiger partial charge on any atom is 0.326 e. The minimum Gasteiger partial charge on any atom is -0.480 e. The molecule has 15 nitrogen and oxygen atoms in total. The summed E-state index contributed by atoms with van der Waals surface area (Å²) in [5.74, 6) is -4.85. The Balaban J connectivity index is 1.41. The lowest BCUT2D eigenvalue weighted by atomic mass is 10.0. The van der Waals surface area contributed by atoms with E-state index in [0.29, 0.717) is 0 Å². The molecule has 4 rings (SSSR count). The van der Waals surface area contributed by atoms with Crippen LogP contribution >= 0.6 is 0 Å². The summed E-state index contributed by atoms with van der Waals surface area (Å²) in [6.45, 7) is 8.81. The fourth-order valence-electron chi connectivity index (χ4n) is 6.10. The second-order valence-corrected chi connectivity index (χ2v) is 14.3. The number of nitrogens with two attached hydrogens (primary N) is 1. The van der Waals surface area contributed by atoms with Gasteiger partial charge in [-0.2, -0.15) is 0 Å². The molecule has 1 unspecified atom stereocenters. The third-order valence-corrected chi connectivity index (χ3v) is 8.76. The third-order valence-electron chi connectivity index (χ3n) is 8.76. The van der Waals surface area contributed by atoms with E-state index in [2.05, 4.69) is 16.0 Å². The van der Waals surface area contributed by atoms with E-state index in [0.717, 1.165) is 11.1 Å². The van der Waals surface area contributed by atoms with E-state index in [4.69, 9.17) is 29.4 Å². The van der Waals surface area contributed by atoms with Crippen molar-refractivity contribution in [1.82, 2.24) is 16.0 Å². The van der Waals surface area contributed by atoms with Crippen molar-refractivity contribution in [2.24, 2.45) is 11.7 Å². The van der Waals surface area contributed by atoms with Crippen molar-refractivity contribution in [2.45, 2.75) is 128 Å². The van der Waals surface area contributed by atoms with E-state index >= 15 is 0 Å². The van der Waals surface area contributed by atoms with Crippen LogP contribution in [0, 0.1) is 5.92 Å². The molecule has 0 saturated carbocycles. The first kappa shape index (κ1) is 41.3. The lowest BCUT2D eigenvalue weighted by molar-refractivity contribution is -0.221. The average molecular weight is 741 g/mol. The zero-order valence-electron chi connectivity index (χ0n) is 30.8. The van der Waals surface area contributed by atoms with Crippen molar-refractivity contribution in [3.05, 3.63) is 71.8 Å². The summed E-state index contributed by atoms with van der Waals surface area (Å²) in [5, 5.41) is 17.2. The van der Waals surface area contributed by atoms with Gasteiger partial charge in [0.05, 0.1) is 6.61 Å². The van der Waals surface area contributed by atoms with Gasteiger partial charge in [0.2, 0.25) is 17.7 Å². The molecule has 2 heterocycles. The molecule has 2 aromatic carbocycles. The van der Waals surface area contributed by atoms with Gasteiger partial charge in [0, 0.05) is 18.9 Å². The normalized spacial score (nSPS) is 22.5. The molecule has 290 valence electrons. The molecule has 8 atom stereocenters. The highest BCUT2D eigenvalue weighted by atomic mass is 16.8. The van der Waals surface area contributed by atoms with Crippen LogP contribution in [0.1, 0.15) is 71.4 Å². The zero-order chi connectivity index (χ0) is 38.7. The Morgan fingerprint density at radius 1 is 0.849 bits per heavy atom. The highest BCUT2D eigenvalue weighted by molar-refractivity contribution is 5.93. The summed E-state index contributed by atoms with van der Waals surface area (Å²) in [7, 11) is 0. The van der Waals surface area contributed by atoms with Crippen molar-refractivity contribution < 1.29 is 52.8 Å². The Hall–Kier alpha value is -4.41. The van der Waals surface area contributed by atoms with Crippen molar-refractivity contribution in [2.75, 3.05) is 0 Å². The first-order chi connectivity index (χ1) is 25.1. The maximum atomic E-state index is 13.5. The minimum absolute atomic E-state index is 0.0132. The summed E-state index contributed by atoms with van der Waals surface area (Å²) in [6.07, 6.45) is -3.40. The van der Waals surface area contributed by atoms with Crippen LogP contribution in [-0.2, 0) is 60.9 Å². The number of hydrogen-bond donors (Lipinski definition) is 5. The van der Waals surface area contributed by atoms with Crippen LogP contribution < -0.4 is 21.7 Å². The summed E-state index contributed by atoms with van der Waals surface area (Å²) in [6, 6.07) is 14.0. The van der Waals surface area contributed by atoms with Gasteiger partial charge >= 0.3 is 11.9 Å². The molecule has 0 bridgehead atoms. The monoisotopic (exact) mass is 740 g/mol. The van der Waals surface area contributed by atoms with E-state index in [1.165, 1.54) is 6.92 Å². The Morgan fingerprint density at radius 2 is 1.47 bits per heavy atom. The molecule has 15 heteroatoms. The Labute approximate surface area is 309 Å². The van der Waals surface area contributed by atoms with Crippen molar-refractivity contribution in [3.63, 3.8) is 0 Å². The van der Waals surface area contributed by atoms with Gasteiger partial charge in [-0.3, -0.25) is 19.2 Å². The number of benzene rings is 2. The number of carboxylic acid groups (broad SMARTS) is 1. The van der Waals surface area contributed by atoms with Crippen LogP contribution in [0.3, 0.4) is 0 Å². The zero-order valence-corrected chi connectivity index (χ0v) is 30.8. The molecule has 2 saturated heterocycles. The van der Waals surface area contributed by atoms with Crippen LogP contribution in [0.2, 0.25) is 0 Å². The van der Waals surface area contributed by atoms with Gasteiger partial charge in [0.25, 0.3) is 0 Å². The molecule has 0 aromatic heterocycles. The number of carboxylic acids is 1. The van der Waals surface area contributed by atoms with Crippen molar-refractivity contribution in [1.29, 1.82) is 0 Å². The smallest absolute Gasteiger partial charge is 0.326 e. The molecule has 2 aliphatic rings. The van der Waals surface area contributed by atoms with Gasteiger partial charge in [-0.15, -0.1) is 0 Å². The Morgan fingerprint density at radius 3 is 2.08 bits per heavy atom. The largest absolute Gasteiger partial charge is 0.480 e. The molecule has 0 radical (unpaired) electrons. The number of fused-ring (bicyclic) bond motifs is 1. The first-order valence-electron chi connectivity index (χ1n) is 17.9. The summed E-state index contributed by atoms with van der Waals surface area (Å²) in [4.78, 5) is 64.2. The molecule has 0 spiro atoms. The van der Waals surface area contributed by atoms with Gasteiger partial charge in [0.1, 0.15) is 43.0 Å². The lowest BCUT2D eigenvalue weighted by Crippen LogP contribution is -2.55. The quantitative estimate of drug-likeness (QED) is 0.131. The number of hydrogen-bond acceptors (Lipinski definition) is 11. The fourth-order valence-corrected chi connectivity index (χ4v) is 6.10. The predicted octanol–water partition coefficient (Wildman–Crippen LogP) is 2.29. The highest BCUT2D eigenvalue weighted by Crippen LogP contribution is 2.40. The molecular formula is C38H52N4O11. The Bertz CT molecular complexity index is 1540. The lowest BCUT2D eigenvalue weighted by Gasteiger charge is -2.29. The van der Waals surface area contributed by atoms with E-state index in [1.807, 2.05) is 62.4 Å². The van der Waals surface area contributed by atoms with E-state index in [-0.39, 0.29) is 44.8 Å². The number of nitrogens with one attached hydrogen (secondary N) is 3. The molecule has 6 N–H and O–H groups in total. The SMILES string of the molecule is CC(C)C[C@H](NC(=O)[C@H](C)NC(=O)[C@H](CCC(=O)OCc1ccccc1)NC(=O)C[C@H](N)C1O[C@@H]2OC(C)(C)O[C@@H]2[C@H]1OCc1ccccc1)C(=O)O. The van der Waals surface area contributed by atoms with E-state index in [1.54, 1.807) is 26.0 Å². The summed E-state index contributed by atoms with van der Waals surface area (Å²) < 4.78 is 29.7. The summed E-state index contributed by atoms with van der Waals surface area (Å²) >= 11 is 0. The van der Waals surface area contributed by atoms with Gasteiger partial charge in [-0.1, -0.05) is 74.5 Å². The standard InChI is InChI=1S/C38H52N4O11/c1-22(2)18-28(36(47)48)42-34(45)23(3)40-35(46)27(16-17-30(44)49-20-24-12-8-6-9-13-24)41-29(43)19-26(39)31-32(50-21-25-14-10-7-11-15-25)33-37(51-31)53-38(4,5)52-33/h6-15,22-23,26-28,31-33,37H,16-21,39H2,1-5H3,(H,40,46)(H,41,43)(H,42,45)(H,47,48)/t23-,26-,27-,28-,31?,32-,33+,37+/m0/s1.